The number of ether oxygens (including phenoxy) is 1. The number of anilines is 1. The van der Waals surface area contributed by atoms with Gasteiger partial charge in [0.15, 0.2) is 5.40 Å². The number of aromatic nitrogens is 1. The van der Waals surface area contributed by atoms with Gasteiger partial charge in [-0.1, -0.05) is 6.07 Å². The molecule has 0 atom stereocenters. The summed E-state index contributed by atoms with van der Waals surface area (Å²) in [7, 11) is -6.84. The first-order valence-electron chi connectivity index (χ1n) is 13.1. The lowest BCUT2D eigenvalue weighted by Gasteiger charge is -2.31. The van der Waals surface area contributed by atoms with E-state index in [1.807, 2.05) is 0 Å². The fourth-order valence-corrected chi connectivity index (χ4v) is 9.51. The lowest BCUT2D eigenvalue weighted by molar-refractivity contribution is -0.112. The van der Waals surface area contributed by atoms with Crippen LogP contribution in [0.3, 0.4) is 0 Å². The molecule has 41 heavy (non-hydrogen) atoms. The number of hydrogen-bond donors (Lipinski definition) is 1. The summed E-state index contributed by atoms with van der Waals surface area (Å²) in [6, 6.07) is 10.1. The summed E-state index contributed by atoms with van der Waals surface area (Å²) in [5.74, 6) is -1.99. The minimum Gasteiger partial charge on any atom is -0.497 e. The maximum atomic E-state index is 14.4. The van der Waals surface area contributed by atoms with Crippen LogP contribution in [0.4, 0.5) is 10.1 Å². The van der Waals surface area contributed by atoms with Gasteiger partial charge in [0.25, 0.3) is 11.7 Å². The van der Waals surface area contributed by atoms with Crippen molar-refractivity contribution in [1.82, 2.24) is 4.57 Å². The van der Waals surface area contributed by atoms with E-state index in [1.54, 1.807) is 52.0 Å². The number of ketones is 1. The number of methoxy groups -OCH3 is 1. The number of carbonyl (C=O) groups is 2. The Kier molecular flexibility index (Phi) is 11.4. The van der Waals surface area contributed by atoms with Crippen LogP contribution in [0.1, 0.15) is 38.1 Å². The first-order chi connectivity index (χ1) is 19.5. The van der Waals surface area contributed by atoms with Crippen LogP contribution >= 0.6 is 15.2 Å². The van der Waals surface area contributed by atoms with Crippen molar-refractivity contribution in [3.05, 3.63) is 60.0 Å². The van der Waals surface area contributed by atoms with E-state index in [0.29, 0.717) is 11.4 Å². The Morgan fingerprint density at radius 3 is 2.02 bits per heavy atom. The quantitative estimate of drug-likeness (QED) is 0.110. The molecule has 3 aromatic rings. The van der Waals surface area contributed by atoms with Crippen molar-refractivity contribution >= 4 is 43.5 Å². The Bertz CT molecular complexity index is 1430. The number of Topliss-reactive ketones (excluding diaryl/α,β-unsaturated/α-hetero) is 1. The highest BCUT2D eigenvalue weighted by atomic mass is 31.2. The predicted molar refractivity (Wildman–Crippen MR) is 153 cm³/mol. The average Bonchev–Trinajstić information content (AvgIpc) is 3.29. The average molecular weight is 613 g/mol. The summed E-state index contributed by atoms with van der Waals surface area (Å²) in [4.78, 5) is 26.3. The van der Waals surface area contributed by atoms with Crippen molar-refractivity contribution in [2.45, 2.75) is 39.6 Å². The Hall–Kier alpha value is -2.85. The molecule has 224 valence electrons. The maximum Gasteiger partial charge on any atom is 0.347 e. The summed E-state index contributed by atoms with van der Waals surface area (Å²) in [5, 5.41) is 1.32. The van der Waals surface area contributed by atoms with Crippen molar-refractivity contribution in [3.8, 4) is 5.75 Å². The van der Waals surface area contributed by atoms with Crippen LogP contribution < -0.4 is 10.1 Å². The first kappa shape index (κ1) is 32.7. The molecule has 3 rings (SSSR count). The first-order valence-corrected chi connectivity index (χ1v) is 16.3. The Morgan fingerprint density at radius 1 is 0.902 bits per heavy atom. The summed E-state index contributed by atoms with van der Waals surface area (Å²) >= 11 is 0. The van der Waals surface area contributed by atoms with Crippen LogP contribution in [-0.4, -0.2) is 55.2 Å². The topological polar surface area (TPSA) is 131 Å². The Balaban J connectivity index is 2.11. The second-order valence-corrected chi connectivity index (χ2v) is 13.4. The molecule has 0 saturated carbocycles. The van der Waals surface area contributed by atoms with Gasteiger partial charge in [-0.3, -0.25) is 18.7 Å². The molecule has 1 N–H and O–H groups in total. The Labute approximate surface area is 238 Å². The van der Waals surface area contributed by atoms with E-state index in [-0.39, 0.29) is 49.4 Å². The molecule has 0 aliphatic heterocycles. The van der Waals surface area contributed by atoms with E-state index in [2.05, 4.69) is 5.32 Å². The third-order valence-electron chi connectivity index (χ3n) is 5.95. The molecule has 1 aromatic heterocycles. The molecular weight excluding hydrogens is 577 g/mol. The summed E-state index contributed by atoms with van der Waals surface area (Å²) in [6.45, 7) is 5.95. The molecular formula is C27H35FN2O9P2. The van der Waals surface area contributed by atoms with Gasteiger partial charge in [0, 0.05) is 29.9 Å². The zero-order chi connectivity index (χ0) is 30.2. The van der Waals surface area contributed by atoms with Gasteiger partial charge in [-0.15, -0.1) is 0 Å². The molecule has 0 radical (unpaired) electrons. The molecule has 0 aliphatic carbocycles. The molecule has 1 amide bonds. The number of halogens is 1. The second-order valence-electron chi connectivity index (χ2n) is 8.60. The highest BCUT2D eigenvalue weighted by Gasteiger charge is 2.51. The van der Waals surface area contributed by atoms with Crippen LogP contribution in [0.25, 0.3) is 10.9 Å². The SMILES string of the molecule is CCOP(=O)(OCC)C(Cn1cc(C(=O)C(=O)Nc2cccc(OC)c2)c2ccc(F)cc21)P(=O)(OCC)OCC. The molecule has 0 saturated heterocycles. The number of carbonyl (C=O) groups excluding carboxylic acids is 2. The van der Waals surface area contributed by atoms with Crippen molar-refractivity contribution in [3.63, 3.8) is 0 Å². The van der Waals surface area contributed by atoms with Crippen LogP contribution in [0.5, 0.6) is 5.75 Å². The van der Waals surface area contributed by atoms with Gasteiger partial charge in [0.1, 0.15) is 11.6 Å². The highest BCUT2D eigenvalue weighted by molar-refractivity contribution is 7.72. The van der Waals surface area contributed by atoms with E-state index < -0.39 is 38.1 Å². The largest absolute Gasteiger partial charge is 0.497 e. The molecule has 0 aliphatic rings. The van der Waals surface area contributed by atoms with Crippen molar-refractivity contribution < 1.29 is 45.9 Å². The number of fused-ring (bicyclic) bond motifs is 1. The monoisotopic (exact) mass is 612 g/mol. The maximum absolute atomic E-state index is 14.4. The minimum atomic E-state index is -4.16. The van der Waals surface area contributed by atoms with Crippen LogP contribution in [0.2, 0.25) is 0 Å². The van der Waals surface area contributed by atoms with E-state index in [9.17, 15) is 23.1 Å². The summed E-state index contributed by atoms with van der Waals surface area (Å²) in [6.07, 6.45) is 1.31. The van der Waals surface area contributed by atoms with Gasteiger partial charge in [0.05, 0.1) is 44.6 Å². The van der Waals surface area contributed by atoms with Crippen LogP contribution in [0.15, 0.2) is 48.7 Å². The van der Waals surface area contributed by atoms with Crippen LogP contribution in [0, 0.1) is 5.82 Å². The van der Waals surface area contributed by atoms with E-state index in [4.69, 9.17) is 22.8 Å². The number of hydrogen-bond acceptors (Lipinski definition) is 9. The number of benzene rings is 2. The fraction of sp³-hybridized carbons (Fsp3) is 0.407. The summed E-state index contributed by atoms with van der Waals surface area (Å²) in [5.41, 5.74) is 0.470. The van der Waals surface area contributed by atoms with Crippen molar-refractivity contribution in [2.24, 2.45) is 0 Å². The molecule has 0 spiro atoms. The third kappa shape index (κ3) is 7.52. The van der Waals surface area contributed by atoms with Crippen molar-refractivity contribution in [1.29, 1.82) is 0 Å². The number of nitrogens with zero attached hydrogens (tertiary/aromatic N) is 1. The van der Waals surface area contributed by atoms with E-state index in [1.165, 1.54) is 23.9 Å². The van der Waals surface area contributed by atoms with Gasteiger partial charge in [-0.2, -0.15) is 0 Å². The smallest absolute Gasteiger partial charge is 0.347 e. The molecule has 11 nitrogen and oxygen atoms in total. The zero-order valence-electron chi connectivity index (χ0n) is 23.6. The predicted octanol–water partition coefficient (Wildman–Crippen LogP) is 6.47. The van der Waals surface area contributed by atoms with Gasteiger partial charge in [0.2, 0.25) is 0 Å². The standard InChI is InChI=1S/C27H35FN2O9P2/c1-6-36-40(33,37-7-2)25(41(34,38-8-3)39-9-4)18-30-17-23(22-14-13-19(28)15-24(22)30)26(31)27(32)29-20-11-10-12-21(16-20)35-5/h10-17,25H,6-9,18H2,1-5H3,(H,29,32). The number of rotatable bonds is 16. The molecule has 2 aromatic carbocycles. The third-order valence-corrected chi connectivity index (χ3v) is 11.9. The molecule has 0 unspecified atom stereocenters. The molecule has 0 fully saturated rings. The molecule has 0 bridgehead atoms. The minimum absolute atomic E-state index is 0.0265. The normalized spacial score (nSPS) is 12.2. The lowest BCUT2D eigenvalue weighted by atomic mass is 10.1. The fourth-order valence-electron chi connectivity index (χ4n) is 4.30. The number of amides is 1. The molecule has 1 heterocycles. The zero-order valence-corrected chi connectivity index (χ0v) is 25.4. The lowest BCUT2D eigenvalue weighted by Crippen LogP contribution is -2.24. The van der Waals surface area contributed by atoms with Crippen LogP contribution in [-0.2, 0) is 38.6 Å². The highest BCUT2D eigenvalue weighted by Crippen LogP contribution is 2.70. The second kappa shape index (κ2) is 14.4. The van der Waals surface area contributed by atoms with Gasteiger partial charge < -0.3 is 32.7 Å². The summed E-state index contributed by atoms with van der Waals surface area (Å²) < 4.78 is 71.1. The number of nitrogens with one attached hydrogen (secondary N) is 1. The van der Waals surface area contributed by atoms with Gasteiger partial charge in [-0.05, 0) is 58.0 Å². The van der Waals surface area contributed by atoms with E-state index in [0.717, 1.165) is 12.1 Å². The molecule has 14 heteroatoms. The van der Waals surface area contributed by atoms with E-state index >= 15 is 0 Å². The van der Waals surface area contributed by atoms with Gasteiger partial charge >= 0.3 is 15.2 Å². The Morgan fingerprint density at radius 2 is 1.49 bits per heavy atom. The van der Waals surface area contributed by atoms with Crippen molar-refractivity contribution in [2.75, 3.05) is 38.9 Å². The van der Waals surface area contributed by atoms with Gasteiger partial charge in [-0.25, -0.2) is 4.39 Å².